The minimum absolute atomic E-state index is 0.0504. The molecule has 1 aliphatic heterocycles. The maximum Gasteiger partial charge on any atom is 0.253 e. The van der Waals surface area contributed by atoms with Crippen molar-refractivity contribution >= 4 is 5.91 Å². The van der Waals surface area contributed by atoms with Crippen molar-refractivity contribution < 1.29 is 4.79 Å². The Morgan fingerprint density at radius 1 is 1.25 bits per heavy atom. The van der Waals surface area contributed by atoms with E-state index >= 15 is 0 Å². The van der Waals surface area contributed by atoms with E-state index in [1.807, 2.05) is 12.1 Å². The Balaban J connectivity index is 1.95. The molecule has 1 heterocycles. The Hall–Kier alpha value is -1.61. The third-order valence-corrected chi connectivity index (χ3v) is 3.81. The highest BCUT2D eigenvalue weighted by molar-refractivity contribution is 5.94. The molecule has 0 bridgehead atoms. The average molecular weight is 272 g/mol. The van der Waals surface area contributed by atoms with Gasteiger partial charge < -0.3 is 4.90 Å². The van der Waals surface area contributed by atoms with Gasteiger partial charge in [-0.3, -0.25) is 9.69 Å². The zero-order chi connectivity index (χ0) is 14.4. The summed E-state index contributed by atoms with van der Waals surface area (Å²) in [4.78, 5) is 16.3. The molecule has 0 saturated carbocycles. The summed E-state index contributed by atoms with van der Waals surface area (Å²) in [6.45, 7) is 7.63. The zero-order valence-corrected chi connectivity index (χ0v) is 12.3. The van der Waals surface area contributed by atoms with Crippen LogP contribution in [0, 0.1) is 0 Å². The molecule has 0 spiro atoms. The van der Waals surface area contributed by atoms with Gasteiger partial charge in [0.2, 0.25) is 0 Å². The Labute approximate surface area is 121 Å². The van der Waals surface area contributed by atoms with Gasteiger partial charge in [0.05, 0.1) is 0 Å². The molecule has 3 nitrogen and oxygen atoms in total. The molecule has 1 saturated heterocycles. The van der Waals surface area contributed by atoms with E-state index in [4.69, 9.17) is 0 Å². The van der Waals surface area contributed by atoms with Gasteiger partial charge >= 0.3 is 0 Å². The molecular formula is C17H24N2O. The number of carbonyl (C=O) groups is 1. The number of piperidine rings is 1. The number of likely N-dealkylation sites (tertiary alicyclic amines) is 1. The van der Waals surface area contributed by atoms with Crippen LogP contribution >= 0.6 is 0 Å². The Kier molecular flexibility index (Phi) is 5.36. The lowest BCUT2D eigenvalue weighted by molar-refractivity contribution is 0.0810. The second-order valence-electron chi connectivity index (χ2n) is 5.51. The quantitative estimate of drug-likeness (QED) is 0.769. The van der Waals surface area contributed by atoms with E-state index in [1.54, 1.807) is 18.0 Å². The van der Waals surface area contributed by atoms with Crippen LogP contribution in [0.25, 0.3) is 0 Å². The second kappa shape index (κ2) is 7.25. The van der Waals surface area contributed by atoms with Crippen molar-refractivity contribution in [1.82, 2.24) is 9.80 Å². The molecule has 108 valence electrons. The number of nitrogens with zero attached hydrogens (tertiary/aromatic N) is 2. The summed E-state index contributed by atoms with van der Waals surface area (Å²) in [5, 5.41) is 0. The van der Waals surface area contributed by atoms with Crippen LogP contribution in [0.1, 0.15) is 35.2 Å². The van der Waals surface area contributed by atoms with Crippen LogP contribution in [0.4, 0.5) is 0 Å². The maximum absolute atomic E-state index is 12.1. The van der Waals surface area contributed by atoms with Gasteiger partial charge in [-0.2, -0.15) is 0 Å². The molecule has 20 heavy (non-hydrogen) atoms. The van der Waals surface area contributed by atoms with Crippen molar-refractivity contribution in [2.45, 2.75) is 25.8 Å². The van der Waals surface area contributed by atoms with Crippen LogP contribution in [0.3, 0.4) is 0 Å². The number of amides is 1. The number of likely N-dealkylation sites (N-methyl/N-ethyl adjacent to an activating group) is 1. The van der Waals surface area contributed by atoms with Crippen molar-refractivity contribution in [3.05, 3.63) is 48.0 Å². The Bertz CT molecular complexity index is 447. The smallest absolute Gasteiger partial charge is 0.253 e. The van der Waals surface area contributed by atoms with E-state index in [9.17, 15) is 4.79 Å². The lowest BCUT2D eigenvalue weighted by atomic mass is 10.1. The monoisotopic (exact) mass is 272 g/mol. The third kappa shape index (κ3) is 3.94. The van der Waals surface area contributed by atoms with E-state index in [0.717, 1.165) is 12.1 Å². The molecule has 1 amide bonds. The molecule has 2 rings (SSSR count). The van der Waals surface area contributed by atoms with Crippen LogP contribution in [-0.4, -0.2) is 42.4 Å². The van der Waals surface area contributed by atoms with Crippen molar-refractivity contribution in [1.29, 1.82) is 0 Å². The van der Waals surface area contributed by atoms with Crippen LogP contribution in [0.5, 0.6) is 0 Å². The van der Waals surface area contributed by atoms with Crippen LogP contribution < -0.4 is 0 Å². The molecule has 0 atom stereocenters. The first-order valence-electron chi connectivity index (χ1n) is 7.38. The lowest BCUT2D eigenvalue weighted by Crippen LogP contribution is -2.29. The molecular weight excluding hydrogens is 248 g/mol. The molecule has 0 unspecified atom stereocenters. The fourth-order valence-corrected chi connectivity index (χ4v) is 2.63. The molecule has 3 heteroatoms. The predicted octanol–water partition coefficient (Wildman–Crippen LogP) is 2.93. The molecule has 0 radical (unpaired) electrons. The number of carbonyl (C=O) groups excluding carboxylic acids is 1. The van der Waals surface area contributed by atoms with Gasteiger partial charge in [0.1, 0.15) is 0 Å². The molecule has 0 N–H and O–H groups in total. The molecule has 1 aliphatic rings. The predicted molar refractivity (Wildman–Crippen MR) is 82.7 cm³/mol. The number of hydrogen-bond donors (Lipinski definition) is 0. The largest absolute Gasteiger partial charge is 0.338 e. The summed E-state index contributed by atoms with van der Waals surface area (Å²) in [5.41, 5.74) is 2.03. The number of benzene rings is 1. The highest BCUT2D eigenvalue weighted by Gasteiger charge is 2.12. The van der Waals surface area contributed by atoms with Crippen LogP contribution in [0.2, 0.25) is 0 Å². The SMILES string of the molecule is C=CCN(C)C(=O)c1ccc(CN2CCCCC2)cc1. The van der Waals surface area contributed by atoms with Gasteiger partial charge in [-0.05, 0) is 43.6 Å². The minimum Gasteiger partial charge on any atom is -0.338 e. The molecule has 1 aromatic carbocycles. The average Bonchev–Trinajstić information content (AvgIpc) is 2.48. The standard InChI is InChI=1S/C17H24N2O/c1-3-11-18(2)17(20)16-9-7-15(8-10-16)14-19-12-5-4-6-13-19/h3,7-10H,1,4-6,11-14H2,2H3. The molecule has 0 aliphatic carbocycles. The number of hydrogen-bond acceptors (Lipinski definition) is 2. The summed E-state index contributed by atoms with van der Waals surface area (Å²) in [6, 6.07) is 8.01. The molecule has 1 fully saturated rings. The molecule has 1 aromatic rings. The first-order valence-corrected chi connectivity index (χ1v) is 7.38. The van der Waals surface area contributed by atoms with E-state index in [2.05, 4.69) is 23.6 Å². The summed E-state index contributed by atoms with van der Waals surface area (Å²) in [6.07, 6.45) is 5.72. The summed E-state index contributed by atoms with van der Waals surface area (Å²) in [7, 11) is 1.80. The van der Waals surface area contributed by atoms with Gasteiger partial charge in [0, 0.05) is 25.7 Å². The van der Waals surface area contributed by atoms with E-state index in [-0.39, 0.29) is 5.91 Å². The highest BCUT2D eigenvalue weighted by atomic mass is 16.2. The van der Waals surface area contributed by atoms with Gasteiger partial charge in [0.25, 0.3) is 5.91 Å². The Morgan fingerprint density at radius 3 is 2.50 bits per heavy atom. The fourth-order valence-electron chi connectivity index (χ4n) is 2.63. The first-order chi connectivity index (χ1) is 9.70. The van der Waals surface area contributed by atoms with E-state index in [0.29, 0.717) is 6.54 Å². The highest BCUT2D eigenvalue weighted by Crippen LogP contribution is 2.14. The van der Waals surface area contributed by atoms with E-state index in [1.165, 1.54) is 37.9 Å². The van der Waals surface area contributed by atoms with Crippen molar-refractivity contribution in [3.8, 4) is 0 Å². The fraction of sp³-hybridized carbons (Fsp3) is 0.471. The first kappa shape index (κ1) is 14.8. The number of rotatable bonds is 5. The van der Waals surface area contributed by atoms with Gasteiger partial charge in [0.15, 0.2) is 0 Å². The van der Waals surface area contributed by atoms with Gasteiger partial charge in [-0.1, -0.05) is 24.6 Å². The van der Waals surface area contributed by atoms with Crippen molar-refractivity contribution in [2.24, 2.45) is 0 Å². The minimum atomic E-state index is 0.0504. The normalized spacial score (nSPS) is 15.8. The van der Waals surface area contributed by atoms with Gasteiger partial charge in [-0.15, -0.1) is 6.58 Å². The topological polar surface area (TPSA) is 23.6 Å². The summed E-state index contributed by atoms with van der Waals surface area (Å²) in [5.74, 6) is 0.0504. The lowest BCUT2D eigenvalue weighted by Gasteiger charge is -2.26. The molecule has 0 aromatic heterocycles. The second-order valence-corrected chi connectivity index (χ2v) is 5.51. The van der Waals surface area contributed by atoms with Gasteiger partial charge in [-0.25, -0.2) is 0 Å². The Morgan fingerprint density at radius 2 is 1.90 bits per heavy atom. The van der Waals surface area contributed by atoms with Crippen LogP contribution in [0.15, 0.2) is 36.9 Å². The third-order valence-electron chi connectivity index (χ3n) is 3.81. The van der Waals surface area contributed by atoms with Crippen molar-refractivity contribution in [2.75, 3.05) is 26.7 Å². The van der Waals surface area contributed by atoms with E-state index < -0.39 is 0 Å². The van der Waals surface area contributed by atoms with Crippen LogP contribution in [-0.2, 0) is 6.54 Å². The summed E-state index contributed by atoms with van der Waals surface area (Å²) >= 11 is 0. The van der Waals surface area contributed by atoms with Crippen molar-refractivity contribution in [3.63, 3.8) is 0 Å². The summed E-state index contributed by atoms with van der Waals surface area (Å²) < 4.78 is 0. The maximum atomic E-state index is 12.1. The zero-order valence-electron chi connectivity index (χ0n) is 12.3.